The molecular formula is C23H24N4O. The van der Waals surface area contributed by atoms with Crippen LogP contribution >= 0.6 is 0 Å². The van der Waals surface area contributed by atoms with Gasteiger partial charge in [-0.25, -0.2) is 9.67 Å². The summed E-state index contributed by atoms with van der Waals surface area (Å²) in [7, 11) is 4.11. The molecule has 0 saturated heterocycles. The largest absolute Gasteiger partial charge is 0.492 e. The highest BCUT2D eigenvalue weighted by molar-refractivity contribution is 5.91. The van der Waals surface area contributed by atoms with Crippen LogP contribution < -0.4 is 4.74 Å². The number of pyridine rings is 1. The van der Waals surface area contributed by atoms with E-state index >= 15 is 0 Å². The first-order valence-corrected chi connectivity index (χ1v) is 9.42. The SMILES string of the molecule is CC(COc1cccc(-n2nc(-c3ccccc3)c3cccnc32)c1)N(C)C. The molecule has 1 atom stereocenters. The van der Waals surface area contributed by atoms with Gasteiger partial charge in [-0.05, 0) is 45.3 Å². The number of fused-ring (bicyclic) bond motifs is 1. The number of ether oxygens (including phenoxy) is 1. The number of rotatable bonds is 6. The number of hydrogen-bond acceptors (Lipinski definition) is 4. The van der Waals surface area contributed by atoms with Crippen LogP contribution in [0.25, 0.3) is 28.0 Å². The van der Waals surface area contributed by atoms with Gasteiger partial charge in [0.25, 0.3) is 0 Å². The maximum absolute atomic E-state index is 5.99. The van der Waals surface area contributed by atoms with Crippen LogP contribution in [0.3, 0.4) is 0 Å². The molecule has 0 fully saturated rings. The standard InChI is InChI=1S/C23H24N4O/c1-17(26(2)3)16-28-20-12-7-11-19(15-20)27-23-21(13-8-14-24-23)22(25-27)18-9-5-4-6-10-18/h4-15,17H,16H2,1-3H3. The van der Waals surface area contributed by atoms with Gasteiger partial charge in [0.1, 0.15) is 18.1 Å². The molecule has 2 heterocycles. The second kappa shape index (κ2) is 7.82. The highest BCUT2D eigenvalue weighted by atomic mass is 16.5. The number of nitrogens with zero attached hydrogens (tertiary/aromatic N) is 4. The molecule has 0 amide bonds. The fourth-order valence-corrected chi connectivity index (χ4v) is 3.01. The molecule has 4 rings (SSSR count). The first-order chi connectivity index (χ1) is 13.6. The summed E-state index contributed by atoms with van der Waals surface area (Å²) < 4.78 is 7.88. The molecule has 2 aromatic heterocycles. The van der Waals surface area contributed by atoms with Crippen molar-refractivity contribution in [3.8, 4) is 22.7 Å². The maximum Gasteiger partial charge on any atom is 0.163 e. The summed E-state index contributed by atoms with van der Waals surface area (Å²) in [5.74, 6) is 0.826. The van der Waals surface area contributed by atoms with Gasteiger partial charge in [0.15, 0.2) is 5.65 Å². The Balaban J connectivity index is 1.73. The second-order valence-electron chi connectivity index (χ2n) is 7.12. The quantitative estimate of drug-likeness (QED) is 0.503. The van der Waals surface area contributed by atoms with E-state index in [0.717, 1.165) is 33.7 Å². The first kappa shape index (κ1) is 18.2. The Morgan fingerprint density at radius 1 is 1.00 bits per heavy atom. The van der Waals surface area contributed by atoms with Crippen molar-refractivity contribution < 1.29 is 4.74 Å². The Hall–Kier alpha value is -3.18. The zero-order chi connectivity index (χ0) is 19.5. The van der Waals surface area contributed by atoms with Crippen molar-refractivity contribution in [1.29, 1.82) is 0 Å². The second-order valence-corrected chi connectivity index (χ2v) is 7.12. The molecule has 0 spiro atoms. The van der Waals surface area contributed by atoms with E-state index in [2.05, 4.69) is 49.1 Å². The summed E-state index contributed by atoms with van der Waals surface area (Å²) in [6, 6.07) is 22.5. The molecule has 0 saturated carbocycles. The van der Waals surface area contributed by atoms with Crippen LogP contribution in [0.1, 0.15) is 6.92 Å². The summed E-state index contributed by atoms with van der Waals surface area (Å²) in [5, 5.41) is 5.91. The molecule has 0 aliphatic carbocycles. The summed E-state index contributed by atoms with van der Waals surface area (Å²) in [4.78, 5) is 6.72. The van der Waals surface area contributed by atoms with Crippen LogP contribution in [-0.4, -0.2) is 46.4 Å². The number of aromatic nitrogens is 3. The number of benzene rings is 2. The van der Waals surface area contributed by atoms with Gasteiger partial charge in [0, 0.05) is 29.3 Å². The molecule has 4 aromatic rings. The third kappa shape index (κ3) is 3.62. The van der Waals surface area contributed by atoms with E-state index in [1.807, 2.05) is 53.2 Å². The molecule has 5 nitrogen and oxygen atoms in total. The summed E-state index contributed by atoms with van der Waals surface area (Å²) >= 11 is 0. The van der Waals surface area contributed by atoms with Gasteiger partial charge in [-0.1, -0.05) is 36.4 Å². The Morgan fingerprint density at radius 2 is 1.82 bits per heavy atom. The van der Waals surface area contributed by atoms with Crippen LogP contribution in [-0.2, 0) is 0 Å². The van der Waals surface area contributed by atoms with Crippen molar-refractivity contribution in [3.05, 3.63) is 72.9 Å². The van der Waals surface area contributed by atoms with E-state index in [1.165, 1.54) is 0 Å². The highest BCUT2D eigenvalue weighted by Gasteiger charge is 2.14. The van der Waals surface area contributed by atoms with Crippen LogP contribution in [0.2, 0.25) is 0 Å². The van der Waals surface area contributed by atoms with E-state index in [0.29, 0.717) is 12.6 Å². The topological polar surface area (TPSA) is 43.2 Å². The third-order valence-electron chi connectivity index (χ3n) is 4.92. The fourth-order valence-electron chi connectivity index (χ4n) is 3.01. The molecule has 0 aliphatic heterocycles. The molecule has 28 heavy (non-hydrogen) atoms. The van der Waals surface area contributed by atoms with E-state index in [9.17, 15) is 0 Å². The predicted molar refractivity (Wildman–Crippen MR) is 113 cm³/mol. The Bertz CT molecular complexity index is 1070. The monoisotopic (exact) mass is 372 g/mol. The van der Waals surface area contributed by atoms with Gasteiger partial charge >= 0.3 is 0 Å². The zero-order valence-corrected chi connectivity index (χ0v) is 16.4. The molecule has 0 N–H and O–H groups in total. The van der Waals surface area contributed by atoms with E-state index in [-0.39, 0.29) is 0 Å². The van der Waals surface area contributed by atoms with Gasteiger partial charge in [-0.15, -0.1) is 0 Å². The minimum atomic E-state index is 0.334. The predicted octanol–water partition coefficient (Wildman–Crippen LogP) is 4.42. The van der Waals surface area contributed by atoms with Gasteiger partial charge < -0.3 is 9.64 Å². The Labute approximate surface area is 165 Å². The van der Waals surface area contributed by atoms with E-state index in [1.54, 1.807) is 6.20 Å². The summed E-state index contributed by atoms with van der Waals surface area (Å²) in [5.41, 5.74) is 3.77. The molecule has 2 aromatic carbocycles. The molecule has 0 aliphatic rings. The summed E-state index contributed by atoms with van der Waals surface area (Å²) in [6.07, 6.45) is 1.80. The van der Waals surface area contributed by atoms with E-state index < -0.39 is 0 Å². The lowest BCUT2D eigenvalue weighted by Crippen LogP contribution is -2.30. The Kier molecular flexibility index (Phi) is 5.08. The number of hydrogen-bond donors (Lipinski definition) is 0. The highest BCUT2D eigenvalue weighted by Crippen LogP contribution is 2.29. The van der Waals surface area contributed by atoms with Crippen molar-refractivity contribution in [3.63, 3.8) is 0 Å². The molecule has 142 valence electrons. The Morgan fingerprint density at radius 3 is 2.61 bits per heavy atom. The van der Waals surface area contributed by atoms with Crippen LogP contribution in [0.4, 0.5) is 0 Å². The lowest BCUT2D eigenvalue weighted by Gasteiger charge is -2.20. The minimum Gasteiger partial charge on any atom is -0.492 e. The van der Waals surface area contributed by atoms with Crippen LogP contribution in [0, 0.1) is 0 Å². The normalized spacial score (nSPS) is 12.4. The van der Waals surface area contributed by atoms with Crippen molar-refractivity contribution in [1.82, 2.24) is 19.7 Å². The smallest absolute Gasteiger partial charge is 0.163 e. The molecule has 0 radical (unpaired) electrons. The van der Waals surface area contributed by atoms with Crippen molar-refractivity contribution >= 4 is 11.0 Å². The van der Waals surface area contributed by atoms with Gasteiger partial charge in [0.05, 0.1) is 5.69 Å². The molecule has 0 bridgehead atoms. The lowest BCUT2D eigenvalue weighted by atomic mass is 10.1. The molecular weight excluding hydrogens is 348 g/mol. The van der Waals surface area contributed by atoms with Crippen molar-refractivity contribution in [2.24, 2.45) is 0 Å². The van der Waals surface area contributed by atoms with Gasteiger partial charge in [-0.3, -0.25) is 0 Å². The van der Waals surface area contributed by atoms with Crippen molar-refractivity contribution in [2.75, 3.05) is 20.7 Å². The minimum absolute atomic E-state index is 0.334. The lowest BCUT2D eigenvalue weighted by molar-refractivity contribution is 0.198. The van der Waals surface area contributed by atoms with Crippen LogP contribution in [0.5, 0.6) is 5.75 Å². The van der Waals surface area contributed by atoms with E-state index in [4.69, 9.17) is 9.84 Å². The zero-order valence-electron chi connectivity index (χ0n) is 16.4. The van der Waals surface area contributed by atoms with Crippen molar-refractivity contribution in [2.45, 2.75) is 13.0 Å². The molecule has 1 unspecified atom stereocenters. The molecule has 5 heteroatoms. The van der Waals surface area contributed by atoms with Gasteiger partial charge in [-0.2, -0.15) is 5.10 Å². The maximum atomic E-state index is 5.99. The first-order valence-electron chi connectivity index (χ1n) is 9.42. The van der Waals surface area contributed by atoms with Gasteiger partial charge in [0.2, 0.25) is 0 Å². The average molecular weight is 372 g/mol. The number of likely N-dealkylation sites (N-methyl/N-ethyl adjacent to an activating group) is 1. The summed E-state index contributed by atoms with van der Waals surface area (Å²) in [6.45, 7) is 2.77. The van der Waals surface area contributed by atoms with Crippen LogP contribution in [0.15, 0.2) is 72.9 Å². The average Bonchev–Trinajstić information content (AvgIpc) is 3.12. The third-order valence-corrected chi connectivity index (χ3v) is 4.92. The fraction of sp³-hybridized carbons (Fsp3) is 0.217.